The Bertz CT molecular complexity index is 537. The molecule has 1 aromatic rings. The lowest BCUT2D eigenvalue weighted by molar-refractivity contribution is -0.138. The van der Waals surface area contributed by atoms with Crippen LogP contribution in [0.1, 0.15) is 15.9 Å². The SMILES string of the molecule is NCC1CN(C(=O)c2ccc(Br)cc2C(F)(F)F)CCO1. The van der Waals surface area contributed by atoms with Gasteiger partial charge in [0.2, 0.25) is 0 Å². The molecule has 0 aromatic heterocycles. The highest BCUT2D eigenvalue weighted by Gasteiger charge is 2.37. The number of amides is 1. The van der Waals surface area contributed by atoms with Crippen molar-refractivity contribution in [1.82, 2.24) is 4.90 Å². The number of ether oxygens (including phenoxy) is 1. The fraction of sp³-hybridized carbons (Fsp3) is 0.462. The van der Waals surface area contributed by atoms with E-state index in [0.717, 1.165) is 6.07 Å². The molecule has 2 rings (SSSR count). The summed E-state index contributed by atoms with van der Waals surface area (Å²) in [5.74, 6) is -0.656. The van der Waals surface area contributed by atoms with Crippen molar-refractivity contribution in [3.63, 3.8) is 0 Å². The molecule has 21 heavy (non-hydrogen) atoms. The molecular formula is C13H14BrF3N2O2. The largest absolute Gasteiger partial charge is 0.417 e. The number of carbonyl (C=O) groups is 1. The molecule has 1 unspecified atom stereocenters. The van der Waals surface area contributed by atoms with Gasteiger partial charge in [-0.2, -0.15) is 13.2 Å². The molecule has 0 bridgehead atoms. The van der Waals surface area contributed by atoms with Gasteiger partial charge in [0.15, 0.2) is 0 Å². The van der Waals surface area contributed by atoms with Crippen molar-refractivity contribution in [2.75, 3.05) is 26.2 Å². The molecule has 0 aliphatic carbocycles. The maximum Gasteiger partial charge on any atom is 0.417 e. The highest BCUT2D eigenvalue weighted by molar-refractivity contribution is 9.10. The maximum atomic E-state index is 13.1. The predicted octanol–water partition coefficient (Wildman–Crippen LogP) is 2.27. The van der Waals surface area contributed by atoms with Crippen LogP contribution in [-0.2, 0) is 10.9 Å². The highest BCUT2D eigenvalue weighted by atomic mass is 79.9. The van der Waals surface area contributed by atoms with Crippen molar-refractivity contribution >= 4 is 21.8 Å². The first-order valence-corrected chi connectivity index (χ1v) is 7.10. The van der Waals surface area contributed by atoms with Crippen molar-refractivity contribution in [3.05, 3.63) is 33.8 Å². The normalized spacial score (nSPS) is 19.7. The Morgan fingerprint density at radius 2 is 2.19 bits per heavy atom. The minimum atomic E-state index is -4.59. The number of carbonyl (C=O) groups excluding carboxylic acids is 1. The van der Waals surface area contributed by atoms with Crippen LogP contribution in [0.25, 0.3) is 0 Å². The number of nitrogens with zero attached hydrogens (tertiary/aromatic N) is 1. The molecule has 0 radical (unpaired) electrons. The van der Waals surface area contributed by atoms with E-state index in [9.17, 15) is 18.0 Å². The Balaban J connectivity index is 2.31. The summed E-state index contributed by atoms with van der Waals surface area (Å²) >= 11 is 2.99. The Morgan fingerprint density at radius 1 is 1.48 bits per heavy atom. The van der Waals surface area contributed by atoms with Crippen LogP contribution in [0.3, 0.4) is 0 Å². The zero-order valence-corrected chi connectivity index (χ0v) is 12.6. The van der Waals surface area contributed by atoms with E-state index >= 15 is 0 Å². The van der Waals surface area contributed by atoms with Crippen LogP contribution in [-0.4, -0.2) is 43.2 Å². The average Bonchev–Trinajstić information content (AvgIpc) is 2.45. The number of rotatable bonds is 2. The van der Waals surface area contributed by atoms with E-state index in [-0.39, 0.29) is 42.4 Å². The second kappa shape index (κ2) is 6.33. The van der Waals surface area contributed by atoms with E-state index in [1.54, 1.807) is 0 Å². The molecule has 1 fully saturated rings. The lowest BCUT2D eigenvalue weighted by Gasteiger charge is -2.33. The van der Waals surface area contributed by atoms with E-state index in [4.69, 9.17) is 10.5 Å². The van der Waals surface area contributed by atoms with Crippen LogP contribution in [0.15, 0.2) is 22.7 Å². The van der Waals surface area contributed by atoms with Gasteiger partial charge in [-0.15, -0.1) is 0 Å². The Kier molecular flexibility index (Phi) is 4.90. The maximum absolute atomic E-state index is 13.1. The van der Waals surface area contributed by atoms with E-state index < -0.39 is 17.6 Å². The standard InChI is InChI=1S/C13H14BrF3N2O2/c14-8-1-2-10(11(5-8)13(15,16)17)12(20)19-3-4-21-9(6-18)7-19/h1-2,5,9H,3-4,6-7,18H2. The van der Waals surface area contributed by atoms with E-state index in [2.05, 4.69) is 15.9 Å². The van der Waals surface area contributed by atoms with Crippen LogP contribution in [0, 0.1) is 0 Å². The number of morpholine rings is 1. The summed E-state index contributed by atoms with van der Waals surface area (Å²) in [6.07, 6.45) is -4.93. The smallest absolute Gasteiger partial charge is 0.373 e. The van der Waals surface area contributed by atoms with Gasteiger partial charge >= 0.3 is 6.18 Å². The molecule has 0 saturated carbocycles. The fourth-order valence-corrected chi connectivity index (χ4v) is 2.52. The zero-order valence-electron chi connectivity index (χ0n) is 11.0. The number of nitrogens with two attached hydrogens (primary N) is 1. The second-order valence-electron chi connectivity index (χ2n) is 4.67. The Morgan fingerprint density at radius 3 is 2.81 bits per heavy atom. The lowest BCUT2D eigenvalue weighted by atomic mass is 10.1. The summed E-state index contributed by atoms with van der Waals surface area (Å²) in [4.78, 5) is 13.7. The molecule has 1 aromatic carbocycles. The van der Waals surface area contributed by atoms with Gasteiger partial charge < -0.3 is 15.4 Å². The highest BCUT2D eigenvalue weighted by Crippen LogP contribution is 2.34. The topological polar surface area (TPSA) is 55.6 Å². The minimum Gasteiger partial charge on any atom is -0.373 e. The minimum absolute atomic E-state index is 0.197. The first-order valence-electron chi connectivity index (χ1n) is 6.30. The van der Waals surface area contributed by atoms with E-state index in [1.165, 1.54) is 17.0 Å². The number of halogens is 4. The van der Waals surface area contributed by atoms with Crippen LogP contribution in [0.2, 0.25) is 0 Å². The molecule has 1 heterocycles. The van der Waals surface area contributed by atoms with Crippen molar-refractivity contribution in [2.45, 2.75) is 12.3 Å². The van der Waals surface area contributed by atoms with Crippen molar-refractivity contribution < 1.29 is 22.7 Å². The molecule has 1 aliphatic rings. The predicted molar refractivity (Wildman–Crippen MR) is 73.8 cm³/mol. The second-order valence-corrected chi connectivity index (χ2v) is 5.58. The van der Waals surface area contributed by atoms with Crippen molar-refractivity contribution in [1.29, 1.82) is 0 Å². The first kappa shape index (κ1) is 16.3. The van der Waals surface area contributed by atoms with E-state index in [0.29, 0.717) is 0 Å². The third-order valence-corrected chi connectivity index (χ3v) is 3.70. The zero-order chi connectivity index (χ0) is 15.6. The summed E-state index contributed by atoms with van der Waals surface area (Å²) in [5.41, 5.74) is 4.17. The quantitative estimate of drug-likeness (QED) is 0.873. The average molecular weight is 367 g/mol. The molecule has 1 atom stereocenters. The van der Waals surface area contributed by atoms with Crippen LogP contribution in [0.5, 0.6) is 0 Å². The molecule has 116 valence electrons. The molecule has 1 amide bonds. The van der Waals surface area contributed by atoms with Crippen molar-refractivity contribution in [2.24, 2.45) is 5.73 Å². The van der Waals surface area contributed by atoms with Gasteiger partial charge in [-0.25, -0.2) is 0 Å². The van der Waals surface area contributed by atoms with Gasteiger partial charge in [-0.3, -0.25) is 4.79 Å². The molecular weight excluding hydrogens is 353 g/mol. The number of alkyl halides is 3. The summed E-state index contributed by atoms with van der Waals surface area (Å²) in [6.45, 7) is 0.938. The van der Waals surface area contributed by atoms with Crippen molar-refractivity contribution in [3.8, 4) is 0 Å². The first-order chi connectivity index (χ1) is 9.82. The summed E-state index contributed by atoms with van der Waals surface area (Å²) < 4.78 is 44.8. The third-order valence-electron chi connectivity index (χ3n) is 3.21. The Hall–Kier alpha value is -1.12. The summed E-state index contributed by atoms with van der Waals surface area (Å²) in [7, 11) is 0. The fourth-order valence-electron chi connectivity index (χ4n) is 2.15. The third kappa shape index (κ3) is 3.75. The van der Waals surface area contributed by atoms with Gasteiger partial charge in [-0.1, -0.05) is 15.9 Å². The van der Waals surface area contributed by atoms with Gasteiger partial charge in [0.1, 0.15) is 0 Å². The molecule has 1 saturated heterocycles. The molecule has 8 heteroatoms. The van der Waals surface area contributed by atoms with Gasteiger partial charge in [0, 0.05) is 24.1 Å². The van der Waals surface area contributed by atoms with Gasteiger partial charge in [0.05, 0.1) is 23.8 Å². The summed E-state index contributed by atoms with van der Waals surface area (Å²) in [5, 5.41) is 0. The lowest BCUT2D eigenvalue weighted by Crippen LogP contribution is -2.48. The summed E-state index contributed by atoms with van der Waals surface area (Å²) in [6, 6.07) is 3.51. The van der Waals surface area contributed by atoms with Crippen LogP contribution < -0.4 is 5.73 Å². The van der Waals surface area contributed by atoms with Gasteiger partial charge in [0.25, 0.3) is 5.91 Å². The Labute approximate surface area is 128 Å². The number of benzene rings is 1. The molecule has 1 aliphatic heterocycles. The molecule has 2 N–H and O–H groups in total. The number of hydrogen-bond donors (Lipinski definition) is 1. The van der Waals surface area contributed by atoms with E-state index in [1.807, 2.05) is 0 Å². The molecule has 0 spiro atoms. The molecule has 4 nitrogen and oxygen atoms in total. The monoisotopic (exact) mass is 366 g/mol. The van der Waals surface area contributed by atoms with Crippen LogP contribution >= 0.6 is 15.9 Å². The number of hydrogen-bond acceptors (Lipinski definition) is 3. The van der Waals surface area contributed by atoms with Gasteiger partial charge in [-0.05, 0) is 18.2 Å². The van der Waals surface area contributed by atoms with Crippen LogP contribution in [0.4, 0.5) is 13.2 Å².